The number of halogens is 3. The van der Waals surface area contributed by atoms with Gasteiger partial charge >= 0.3 is 0 Å². The molecule has 0 spiro atoms. The minimum Gasteiger partial charge on any atom is -0.344 e. The third kappa shape index (κ3) is 1.79. The zero-order chi connectivity index (χ0) is 11.1. The van der Waals surface area contributed by atoms with Crippen molar-refractivity contribution in [1.29, 1.82) is 0 Å². The summed E-state index contributed by atoms with van der Waals surface area (Å²) in [5, 5.41) is 0. The van der Waals surface area contributed by atoms with Gasteiger partial charge in [-0.1, -0.05) is 0 Å². The number of hydrogen-bond acceptors (Lipinski definition) is 2. The number of hydrogen-bond donors (Lipinski definition) is 0. The lowest BCUT2D eigenvalue weighted by Crippen LogP contribution is -2.24. The Kier molecular flexibility index (Phi) is 2.79. The Morgan fingerprint density at radius 3 is 2.40 bits per heavy atom. The van der Waals surface area contributed by atoms with Crippen molar-refractivity contribution < 1.29 is 18.3 Å². The van der Waals surface area contributed by atoms with Crippen molar-refractivity contribution in [3.63, 3.8) is 0 Å². The minimum absolute atomic E-state index is 0.0840. The molecule has 2 rings (SSSR count). The first-order chi connectivity index (χ1) is 7.04. The molecule has 0 radical (unpaired) electrons. The Bertz CT molecular complexity index is 389. The van der Waals surface area contributed by atoms with Crippen molar-refractivity contribution in [2.75, 3.05) is 13.2 Å². The quantitative estimate of drug-likeness (QED) is 0.736. The first-order valence-corrected chi connectivity index (χ1v) is 5.26. The fourth-order valence-corrected chi connectivity index (χ4v) is 1.85. The molecule has 1 aliphatic heterocycles. The molecule has 1 heterocycles. The summed E-state index contributed by atoms with van der Waals surface area (Å²) >= 11 is 2.91. The first kappa shape index (κ1) is 11.0. The van der Waals surface area contributed by atoms with Gasteiger partial charge in [-0.3, -0.25) is 0 Å². The van der Waals surface area contributed by atoms with E-state index in [0.717, 1.165) is 0 Å². The average Bonchev–Trinajstić information content (AvgIpc) is 2.62. The molecular formula is C10H9BrF2O2. The lowest BCUT2D eigenvalue weighted by molar-refractivity contribution is -0.152. The van der Waals surface area contributed by atoms with Crippen molar-refractivity contribution in [1.82, 2.24) is 0 Å². The highest BCUT2D eigenvalue weighted by atomic mass is 79.9. The van der Waals surface area contributed by atoms with Crippen LogP contribution in [0.3, 0.4) is 0 Å². The molecule has 15 heavy (non-hydrogen) atoms. The SMILES string of the molecule is CC1(c2ccc(Br)c(F)c2F)OCCO1. The van der Waals surface area contributed by atoms with Crippen LogP contribution in [0.2, 0.25) is 0 Å². The zero-order valence-electron chi connectivity index (χ0n) is 8.02. The maximum Gasteiger partial charge on any atom is 0.195 e. The molecule has 0 amide bonds. The smallest absolute Gasteiger partial charge is 0.195 e. The molecule has 2 nitrogen and oxygen atoms in total. The molecule has 1 aromatic carbocycles. The van der Waals surface area contributed by atoms with Gasteiger partial charge in [0.15, 0.2) is 17.4 Å². The Hall–Kier alpha value is -0.520. The number of benzene rings is 1. The van der Waals surface area contributed by atoms with E-state index in [4.69, 9.17) is 9.47 Å². The first-order valence-electron chi connectivity index (χ1n) is 4.46. The van der Waals surface area contributed by atoms with Gasteiger partial charge in [-0.25, -0.2) is 8.78 Å². The summed E-state index contributed by atoms with van der Waals surface area (Å²) in [5.74, 6) is -3.03. The van der Waals surface area contributed by atoms with Crippen molar-refractivity contribution in [2.45, 2.75) is 12.7 Å². The number of ether oxygens (including phenoxy) is 2. The monoisotopic (exact) mass is 278 g/mol. The van der Waals surface area contributed by atoms with E-state index >= 15 is 0 Å². The summed E-state index contributed by atoms with van der Waals surface area (Å²) in [5.41, 5.74) is 0.0840. The summed E-state index contributed by atoms with van der Waals surface area (Å²) in [6.45, 7) is 2.34. The fraction of sp³-hybridized carbons (Fsp3) is 0.400. The second-order valence-corrected chi connectivity index (χ2v) is 4.22. The van der Waals surface area contributed by atoms with E-state index in [9.17, 15) is 8.78 Å². The summed E-state index contributed by atoms with van der Waals surface area (Å²) in [6.07, 6.45) is 0. The van der Waals surface area contributed by atoms with Crippen LogP contribution in [0.25, 0.3) is 0 Å². The Balaban J connectivity index is 2.49. The largest absolute Gasteiger partial charge is 0.344 e. The van der Waals surface area contributed by atoms with E-state index in [-0.39, 0.29) is 10.0 Å². The van der Waals surface area contributed by atoms with Crippen LogP contribution in [-0.2, 0) is 15.3 Å². The van der Waals surface area contributed by atoms with Crippen molar-refractivity contribution in [2.24, 2.45) is 0 Å². The molecule has 0 N–H and O–H groups in total. The Labute approximate surface area is 94.3 Å². The standard InChI is InChI=1S/C10H9BrF2O2/c1-10(14-4-5-15-10)6-2-3-7(11)9(13)8(6)12/h2-3H,4-5H2,1H3. The molecule has 0 aliphatic carbocycles. The molecule has 82 valence electrons. The van der Waals surface area contributed by atoms with Crippen LogP contribution in [0.5, 0.6) is 0 Å². The third-order valence-electron chi connectivity index (χ3n) is 2.36. The fourth-order valence-electron chi connectivity index (χ4n) is 1.55. The maximum absolute atomic E-state index is 13.6. The van der Waals surface area contributed by atoms with Crippen molar-refractivity contribution >= 4 is 15.9 Å². The average molecular weight is 279 g/mol. The van der Waals surface area contributed by atoms with Gasteiger partial charge in [-0.15, -0.1) is 0 Å². The van der Waals surface area contributed by atoms with E-state index in [0.29, 0.717) is 13.2 Å². The van der Waals surface area contributed by atoms with Crippen LogP contribution in [0.1, 0.15) is 12.5 Å². The van der Waals surface area contributed by atoms with Crippen LogP contribution < -0.4 is 0 Å². The second kappa shape index (κ2) is 3.81. The van der Waals surface area contributed by atoms with E-state index in [1.807, 2.05) is 0 Å². The molecule has 1 fully saturated rings. The molecule has 1 aromatic rings. The molecule has 0 aromatic heterocycles. The highest BCUT2D eigenvalue weighted by molar-refractivity contribution is 9.10. The van der Waals surface area contributed by atoms with Gasteiger partial charge in [0, 0.05) is 5.56 Å². The lowest BCUT2D eigenvalue weighted by atomic mass is 10.1. The summed E-state index contributed by atoms with van der Waals surface area (Å²) < 4.78 is 37.5. The predicted molar refractivity (Wildman–Crippen MR) is 53.3 cm³/mol. The van der Waals surface area contributed by atoms with Gasteiger partial charge < -0.3 is 9.47 Å². The van der Waals surface area contributed by atoms with Crippen LogP contribution in [-0.4, -0.2) is 13.2 Å². The highest BCUT2D eigenvalue weighted by Gasteiger charge is 2.36. The Morgan fingerprint density at radius 2 is 1.80 bits per heavy atom. The van der Waals surface area contributed by atoms with E-state index in [2.05, 4.69) is 15.9 Å². The van der Waals surface area contributed by atoms with Gasteiger partial charge in [-0.05, 0) is 35.0 Å². The van der Waals surface area contributed by atoms with Crippen molar-refractivity contribution in [3.8, 4) is 0 Å². The van der Waals surface area contributed by atoms with Gasteiger partial charge in [0.25, 0.3) is 0 Å². The summed E-state index contributed by atoms with van der Waals surface area (Å²) in [6, 6.07) is 2.89. The van der Waals surface area contributed by atoms with E-state index in [1.54, 1.807) is 6.92 Å². The Morgan fingerprint density at radius 1 is 1.20 bits per heavy atom. The second-order valence-electron chi connectivity index (χ2n) is 3.37. The maximum atomic E-state index is 13.6. The van der Waals surface area contributed by atoms with Gasteiger partial charge in [0.2, 0.25) is 0 Å². The van der Waals surface area contributed by atoms with E-state index < -0.39 is 17.4 Å². The summed E-state index contributed by atoms with van der Waals surface area (Å²) in [7, 11) is 0. The molecule has 0 unspecified atom stereocenters. The van der Waals surface area contributed by atoms with Crippen LogP contribution >= 0.6 is 15.9 Å². The molecule has 5 heteroatoms. The predicted octanol–water partition coefficient (Wildman–Crippen LogP) is 2.95. The lowest BCUT2D eigenvalue weighted by Gasteiger charge is -2.23. The van der Waals surface area contributed by atoms with Crippen molar-refractivity contribution in [3.05, 3.63) is 33.8 Å². The summed E-state index contributed by atoms with van der Waals surface area (Å²) in [4.78, 5) is 0. The normalized spacial score (nSPS) is 19.5. The van der Waals surface area contributed by atoms with Crippen LogP contribution in [0.4, 0.5) is 8.78 Å². The molecule has 1 saturated heterocycles. The molecule has 0 atom stereocenters. The van der Waals surface area contributed by atoms with Gasteiger partial charge in [-0.2, -0.15) is 0 Å². The highest BCUT2D eigenvalue weighted by Crippen LogP contribution is 2.34. The van der Waals surface area contributed by atoms with E-state index in [1.165, 1.54) is 12.1 Å². The molecule has 0 saturated carbocycles. The topological polar surface area (TPSA) is 18.5 Å². The van der Waals surface area contributed by atoms with Gasteiger partial charge in [0.1, 0.15) is 0 Å². The zero-order valence-corrected chi connectivity index (χ0v) is 9.61. The van der Waals surface area contributed by atoms with Crippen LogP contribution in [0.15, 0.2) is 16.6 Å². The third-order valence-corrected chi connectivity index (χ3v) is 2.98. The molecule has 0 bridgehead atoms. The number of rotatable bonds is 1. The molecule has 1 aliphatic rings. The van der Waals surface area contributed by atoms with Crippen LogP contribution in [0, 0.1) is 11.6 Å². The van der Waals surface area contributed by atoms with Gasteiger partial charge in [0.05, 0.1) is 17.7 Å². The molecular weight excluding hydrogens is 270 g/mol. The minimum atomic E-state index is -1.17.